The predicted molar refractivity (Wildman–Crippen MR) is 82.8 cm³/mol. The number of carbonyl (C=O) groups excluding carboxylic acids is 1. The van der Waals surface area contributed by atoms with Crippen molar-refractivity contribution in [2.24, 2.45) is 5.10 Å². The van der Waals surface area contributed by atoms with Crippen LogP contribution in [0.25, 0.3) is 0 Å². The van der Waals surface area contributed by atoms with Crippen LogP contribution < -0.4 is 10.2 Å². The lowest BCUT2D eigenvalue weighted by Crippen LogP contribution is -2.24. The summed E-state index contributed by atoms with van der Waals surface area (Å²) >= 11 is 5.89. The van der Waals surface area contributed by atoms with Crippen LogP contribution in [0, 0.1) is 17.0 Å². The number of rotatable bonds is 6. The van der Waals surface area contributed by atoms with Crippen LogP contribution in [0.4, 0.5) is 5.88 Å². The van der Waals surface area contributed by atoms with Gasteiger partial charge in [0.2, 0.25) is 0 Å². The van der Waals surface area contributed by atoms with Crippen LogP contribution in [-0.2, 0) is 4.79 Å². The number of hydrogen-bond donors (Lipinski definition) is 1. The summed E-state index contributed by atoms with van der Waals surface area (Å²) in [6, 6.07) is 7.58. The fourth-order valence-electron chi connectivity index (χ4n) is 1.57. The van der Waals surface area contributed by atoms with Gasteiger partial charge in [-0.15, -0.1) is 0 Å². The second-order valence-electron chi connectivity index (χ2n) is 4.43. The van der Waals surface area contributed by atoms with Crippen LogP contribution in [0.1, 0.15) is 11.3 Å². The minimum Gasteiger partial charge on any atom is -0.484 e. The topological polar surface area (TPSA) is 107 Å². The number of nitrogens with one attached hydrogen (secondary N) is 1. The van der Waals surface area contributed by atoms with Crippen molar-refractivity contribution in [1.82, 2.24) is 5.43 Å². The van der Waals surface area contributed by atoms with E-state index in [2.05, 4.69) is 10.5 Å². The Balaban J connectivity index is 1.81. The number of amides is 1. The molecule has 0 saturated heterocycles. The summed E-state index contributed by atoms with van der Waals surface area (Å²) in [5.41, 5.74) is 3.05. The Hall–Kier alpha value is -2.87. The molecule has 120 valence electrons. The van der Waals surface area contributed by atoms with Crippen LogP contribution in [-0.4, -0.2) is 23.7 Å². The fraction of sp³-hybridized carbons (Fsp3) is 0.143. The van der Waals surface area contributed by atoms with E-state index in [0.717, 1.165) is 11.8 Å². The zero-order chi connectivity index (χ0) is 16.8. The maximum Gasteiger partial charge on any atom is 0.433 e. The zero-order valence-corrected chi connectivity index (χ0v) is 12.7. The first-order valence-corrected chi connectivity index (χ1v) is 6.78. The molecule has 0 atom stereocenters. The molecule has 8 nitrogen and oxygen atoms in total. The van der Waals surface area contributed by atoms with Gasteiger partial charge >= 0.3 is 5.88 Å². The van der Waals surface area contributed by atoms with Gasteiger partial charge in [-0.25, -0.2) is 5.43 Å². The molecule has 1 heterocycles. The molecule has 0 radical (unpaired) electrons. The lowest BCUT2D eigenvalue weighted by Gasteiger charge is -2.06. The van der Waals surface area contributed by atoms with Crippen molar-refractivity contribution in [3.05, 3.63) is 56.8 Å². The number of carbonyl (C=O) groups is 1. The normalized spacial score (nSPS) is 10.7. The van der Waals surface area contributed by atoms with Crippen molar-refractivity contribution in [3.8, 4) is 5.75 Å². The van der Waals surface area contributed by atoms with Gasteiger partial charge in [-0.3, -0.25) is 14.9 Å². The zero-order valence-electron chi connectivity index (χ0n) is 12.0. The van der Waals surface area contributed by atoms with Gasteiger partial charge in [-0.2, -0.15) is 5.10 Å². The molecule has 0 aliphatic carbocycles. The number of hydrazone groups is 1. The van der Waals surface area contributed by atoms with Crippen LogP contribution in [0.3, 0.4) is 0 Å². The molecule has 2 aromatic rings. The fourth-order valence-corrected chi connectivity index (χ4v) is 1.68. The third kappa shape index (κ3) is 4.82. The van der Waals surface area contributed by atoms with E-state index in [0.29, 0.717) is 10.8 Å². The van der Waals surface area contributed by atoms with Crippen molar-refractivity contribution in [2.45, 2.75) is 6.92 Å². The van der Waals surface area contributed by atoms with E-state index >= 15 is 0 Å². The lowest BCUT2D eigenvalue weighted by atomic mass is 10.2. The average molecular weight is 338 g/mol. The summed E-state index contributed by atoms with van der Waals surface area (Å²) in [6.45, 7) is 1.58. The van der Waals surface area contributed by atoms with Gasteiger partial charge in [-0.05, 0) is 36.8 Å². The number of ether oxygens (including phenoxy) is 1. The van der Waals surface area contributed by atoms with E-state index in [-0.39, 0.29) is 12.4 Å². The molecule has 1 aromatic carbocycles. The number of hydrogen-bond acceptors (Lipinski definition) is 6. The highest BCUT2D eigenvalue weighted by molar-refractivity contribution is 6.31. The maximum absolute atomic E-state index is 11.6. The van der Waals surface area contributed by atoms with Crippen LogP contribution in [0.5, 0.6) is 5.75 Å². The molecule has 23 heavy (non-hydrogen) atoms. The molecule has 0 bridgehead atoms. The SMILES string of the molecule is Cc1cc(OCC(=O)NN=Cc2ccc([N+](=O)[O-])o2)ccc1Cl. The van der Waals surface area contributed by atoms with Crippen molar-refractivity contribution in [1.29, 1.82) is 0 Å². The maximum atomic E-state index is 11.6. The van der Waals surface area contributed by atoms with Crippen LogP contribution in [0.15, 0.2) is 39.9 Å². The smallest absolute Gasteiger partial charge is 0.433 e. The second-order valence-corrected chi connectivity index (χ2v) is 4.83. The third-order valence-corrected chi connectivity index (χ3v) is 3.10. The molecule has 2 rings (SSSR count). The number of nitro groups is 1. The van der Waals surface area contributed by atoms with E-state index < -0.39 is 16.7 Å². The summed E-state index contributed by atoms with van der Waals surface area (Å²) in [5.74, 6) is -0.243. The number of benzene rings is 1. The van der Waals surface area contributed by atoms with E-state index in [1.807, 2.05) is 6.92 Å². The first-order chi connectivity index (χ1) is 11.0. The molecule has 0 saturated carbocycles. The van der Waals surface area contributed by atoms with E-state index in [1.54, 1.807) is 18.2 Å². The highest BCUT2D eigenvalue weighted by Gasteiger charge is 2.10. The molecule has 1 N–H and O–H groups in total. The van der Waals surface area contributed by atoms with Crippen molar-refractivity contribution < 1.29 is 18.9 Å². The Kier molecular flexibility index (Phi) is 5.32. The van der Waals surface area contributed by atoms with Crippen LogP contribution >= 0.6 is 11.6 Å². The minimum atomic E-state index is -0.669. The third-order valence-electron chi connectivity index (χ3n) is 2.67. The summed E-state index contributed by atoms with van der Waals surface area (Å²) in [5, 5.41) is 14.7. The summed E-state index contributed by atoms with van der Waals surface area (Å²) in [7, 11) is 0. The number of halogens is 1. The van der Waals surface area contributed by atoms with Gasteiger partial charge in [0, 0.05) is 5.02 Å². The Labute approximate surface area is 135 Å². The standard InChI is InChI=1S/C14H12ClN3O5/c1-9-6-10(2-4-12(9)15)22-8-13(19)17-16-7-11-3-5-14(23-11)18(20)21/h2-7H,8H2,1H3,(H,17,19). The highest BCUT2D eigenvalue weighted by Crippen LogP contribution is 2.20. The molecule has 0 fully saturated rings. The molecule has 0 unspecified atom stereocenters. The Morgan fingerprint density at radius 2 is 2.26 bits per heavy atom. The Morgan fingerprint density at radius 3 is 2.91 bits per heavy atom. The highest BCUT2D eigenvalue weighted by atomic mass is 35.5. The summed E-state index contributed by atoms with van der Waals surface area (Å²) in [6.07, 6.45) is 1.15. The lowest BCUT2D eigenvalue weighted by molar-refractivity contribution is -0.402. The summed E-state index contributed by atoms with van der Waals surface area (Å²) in [4.78, 5) is 21.3. The molecular weight excluding hydrogens is 326 g/mol. The molecule has 0 aliphatic rings. The van der Waals surface area contributed by atoms with Crippen LogP contribution in [0.2, 0.25) is 5.02 Å². The Bertz CT molecular complexity index is 757. The minimum absolute atomic E-state index is 0.145. The number of furan rings is 1. The van der Waals surface area contributed by atoms with Crippen molar-refractivity contribution in [2.75, 3.05) is 6.61 Å². The quantitative estimate of drug-likeness (QED) is 0.495. The molecule has 1 amide bonds. The van der Waals surface area contributed by atoms with Crippen molar-refractivity contribution >= 4 is 29.6 Å². The van der Waals surface area contributed by atoms with Gasteiger partial charge in [0.15, 0.2) is 12.4 Å². The molecule has 9 heteroatoms. The van der Waals surface area contributed by atoms with Gasteiger partial charge in [-0.1, -0.05) is 11.6 Å². The molecule has 0 spiro atoms. The van der Waals surface area contributed by atoms with Gasteiger partial charge < -0.3 is 9.15 Å². The largest absolute Gasteiger partial charge is 0.484 e. The van der Waals surface area contributed by atoms with Crippen molar-refractivity contribution in [3.63, 3.8) is 0 Å². The summed E-state index contributed by atoms with van der Waals surface area (Å²) < 4.78 is 10.1. The predicted octanol–water partition coefficient (Wildman–Crippen LogP) is 2.68. The van der Waals surface area contributed by atoms with E-state index in [1.165, 1.54) is 12.1 Å². The second kappa shape index (κ2) is 7.41. The first-order valence-electron chi connectivity index (χ1n) is 6.41. The number of aryl methyl sites for hydroxylation is 1. The molecule has 0 aliphatic heterocycles. The van der Waals surface area contributed by atoms with Gasteiger partial charge in [0.25, 0.3) is 5.91 Å². The molecule has 1 aromatic heterocycles. The first kappa shape index (κ1) is 16.5. The number of nitrogens with zero attached hydrogens (tertiary/aromatic N) is 2. The van der Waals surface area contributed by atoms with Gasteiger partial charge in [0.05, 0.1) is 12.3 Å². The average Bonchev–Trinajstić information content (AvgIpc) is 2.97. The van der Waals surface area contributed by atoms with E-state index in [4.69, 9.17) is 20.8 Å². The monoisotopic (exact) mass is 337 g/mol. The van der Waals surface area contributed by atoms with Gasteiger partial charge in [0.1, 0.15) is 10.7 Å². The molecular formula is C14H12ClN3O5. The van der Waals surface area contributed by atoms with E-state index in [9.17, 15) is 14.9 Å². The Morgan fingerprint density at radius 1 is 1.48 bits per heavy atom.